The van der Waals surface area contributed by atoms with Gasteiger partial charge in [-0.25, -0.2) is 9.97 Å². The van der Waals surface area contributed by atoms with Crippen LogP contribution in [-0.4, -0.2) is 17.1 Å². The molecule has 2 aliphatic carbocycles. The average Bonchev–Trinajstić information content (AvgIpc) is 3.25. The van der Waals surface area contributed by atoms with Gasteiger partial charge in [-0.05, 0) is 31.7 Å². The molecule has 0 amide bonds. The SMILES string of the molecule is COC1(c2nc(Cl)cc(C3CC3)n2)CCCCCC1. The van der Waals surface area contributed by atoms with Crippen LogP contribution in [0, 0.1) is 0 Å². The molecule has 0 N–H and O–H groups in total. The standard InChI is InChI=1S/C15H21ClN2O/c1-19-15(8-4-2-3-5-9-15)14-17-12(11-6-7-11)10-13(16)18-14/h10-11H,2-9H2,1H3. The molecule has 4 heteroatoms. The highest BCUT2D eigenvalue weighted by molar-refractivity contribution is 6.29. The Balaban J connectivity index is 1.97. The fourth-order valence-electron chi connectivity index (χ4n) is 3.05. The number of aromatic nitrogens is 2. The van der Waals surface area contributed by atoms with Crippen LogP contribution in [0.5, 0.6) is 0 Å². The van der Waals surface area contributed by atoms with E-state index in [2.05, 4.69) is 4.98 Å². The van der Waals surface area contributed by atoms with E-state index in [9.17, 15) is 0 Å². The summed E-state index contributed by atoms with van der Waals surface area (Å²) in [4.78, 5) is 9.27. The largest absolute Gasteiger partial charge is 0.370 e. The Labute approximate surface area is 119 Å². The summed E-state index contributed by atoms with van der Waals surface area (Å²) < 4.78 is 5.87. The zero-order chi connectivity index (χ0) is 13.3. The molecular weight excluding hydrogens is 260 g/mol. The van der Waals surface area contributed by atoms with Gasteiger partial charge in [-0.1, -0.05) is 37.3 Å². The summed E-state index contributed by atoms with van der Waals surface area (Å²) in [6.07, 6.45) is 9.40. The van der Waals surface area contributed by atoms with Crippen molar-refractivity contribution in [2.45, 2.75) is 62.9 Å². The van der Waals surface area contributed by atoms with Crippen molar-refractivity contribution in [1.82, 2.24) is 9.97 Å². The second-order valence-electron chi connectivity index (χ2n) is 5.83. The number of methoxy groups -OCH3 is 1. The van der Waals surface area contributed by atoms with Crippen LogP contribution in [0.25, 0.3) is 0 Å². The lowest BCUT2D eigenvalue weighted by atomic mass is 9.93. The number of hydrogen-bond donors (Lipinski definition) is 0. The van der Waals surface area contributed by atoms with Crippen molar-refractivity contribution < 1.29 is 4.74 Å². The lowest BCUT2D eigenvalue weighted by Crippen LogP contribution is -2.30. The minimum atomic E-state index is -0.314. The van der Waals surface area contributed by atoms with Crippen LogP contribution >= 0.6 is 11.6 Å². The molecule has 2 aliphatic rings. The first-order valence-corrected chi connectivity index (χ1v) is 7.71. The first kappa shape index (κ1) is 13.3. The van der Waals surface area contributed by atoms with E-state index in [4.69, 9.17) is 21.3 Å². The van der Waals surface area contributed by atoms with Crippen LogP contribution in [0.2, 0.25) is 5.15 Å². The summed E-state index contributed by atoms with van der Waals surface area (Å²) in [6.45, 7) is 0. The summed E-state index contributed by atoms with van der Waals surface area (Å²) in [7, 11) is 1.78. The average molecular weight is 281 g/mol. The van der Waals surface area contributed by atoms with E-state index < -0.39 is 0 Å². The molecule has 0 spiro atoms. The number of nitrogens with zero attached hydrogens (tertiary/aromatic N) is 2. The van der Waals surface area contributed by atoms with Crippen LogP contribution in [0.3, 0.4) is 0 Å². The van der Waals surface area contributed by atoms with E-state index in [0.29, 0.717) is 11.1 Å². The summed E-state index contributed by atoms with van der Waals surface area (Å²) in [6, 6.07) is 1.92. The highest BCUT2D eigenvalue weighted by atomic mass is 35.5. The monoisotopic (exact) mass is 280 g/mol. The molecule has 2 saturated carbocycles. The van der Waals surface area contributed by atoms with Gasteiger partial charge in [-0.2, -0.15) is 0 Å². The molecule has 0 aromatic carbocycles. The van der Waals surface area contributed by atoms with Crippen molar-refractivity contribution in [2.24, 2.45) is 0 Å². The zero-order valence-electron chi connectivity index (χ0n) is 11.5. The van der Waals surface area contributed by atoms with E-state index in [1.165, 1.54) is 38.5 Å². The molecule has 0 bridgehead atoms. The normalized spacial score (nSPS) is 23.1. The van der Waals surface area contributed by atoms with Crippen molar-refractivity contribution in [3.8, 4) is 0 Å². The smallest absolute Gasteiger partial charge is 0.162 e. The topological polar surface area (TPSA) is 35.0 Å². The van der Waals surface area contributed by atoms with E-state index >= 15 is 0 Å². The highest BCUT2D eigenvalue weighted by Gasteiger charge is 2.37. The Morgan fingerprint density at radius 1 is 1.16 bits per heavy atom. The third kappa shape index (κ3) is 2.77. The first-order valence-electron chi connectivity index (χ1n) is 7.34. The molecule has 0 aliphatic heterocycles. The highest BCUT2D eigenvalue weighted by Crippen LogP contribution is 2.42. The van der Waals surface area contributed by atoms with Gasteiger partial charge < -0.3 is 4.74 Å². The van der Waals surface area contributed by atoms with Gasteiger partial charge in [0.1, 0.15) is 10.8 Å². The van der Waals surface area contributed by atoms with Gasteiger partial charge >= 0.3 is 0 Å². The van der Waals surface area contributed by atoms with E-state index in [1.54, 1.807) is 7.11 Å². The van der Waals surface area contributed by atoms with Gasteiger partial charge in [0.25, 0.3) is 0 Å². The van der Waals surface area contributed by atoms with Gasteiger partial charge in [-0.15, -0.1) is 0 Å². The molecule has 0 atom stereocenters. The molecule has 2 fully saturated rings. The van der Waals surface area contributed by atoms with Gasteiger partial charge in [0.15, 0.2) is 5.82 Å². The van der Waals surface area contributed by atoms with E-state index in [0.717, 1.165) is 24.4 Å². The van der Waals surface area contributed by atoms with Crippen LogP contribution in [0.1, 0.15) is 68.8 Å². The quantitative estimate of drug-likeness (QED) is 0.615. The van der Waals surface area contributed by atoms with Crippen molar-refractivity contribution in [1.29, 1.82) is 0 Å². The van der Waals surface area contributed by atoms with Crippen molar-refractivity contribution in [3.63, 3.8) is 0 Å². The molecular formula is C15H21ClN2O. The van der Waals surface area contributed by atoms with Crippen LogP contribution in [0.4, 0.5) is 0 Å². The number of halogens is 1. The maximum Gasteiger partial charge on any atom is 0.162 e. The van der Waals surface area contributed by atoms with Crippen LogP contribution in [-0.2, 0) is 10.3 Å². The zero-order valence-corrected chi connectivity index (χ0v) is 12.2. The molecule has 0 unspecified atom stereocenters. The summed E-state index contributed by atoms with van der Waals surface area (Å²) >= 11 is 6.19. The predicted molar refractivity (Wildman–Crippen MR) is 75.4 cm³/mol. The third-order valence-electron chi connectivity index (χ3n) is 4.42. The Kier molecular flexibility index (Phi) is 3.77. The third-order valence-corrected chi connectivity index (χ3v) is 4.61. The number of rotatable bonds is 3. The minimum absolute atomic E-state index is 0.314. The van der Waals surface area contributed by atoms with Gasteiger partial charge in [-0.3, -0.25) is 0 Å². The maximum atomic E-state index is 6.19. The second-order valence-corrected chi connectivity index (χ2v) is 6.21. The van der Waals surface area contributed by atoms with Crippen molar-refractivity contribution in [2.75, 3.05) is 7.11 Å². The fraction of sp³-hybridized carbons (Fsp3) is 0.733. The summed E-state index contributed by atoms with van der Waals surface area (Å²) in [5.74, 6) is 1.41. The lowest BCUT2D eigenvalue weighted by Gasteiger charge is -2.30. The van der Waals surface area contributed by atoms with E-state index in [-0.39, 0.29) is 5.60 Å². The Bertz CT molecular complexity index is 451. The number of hydrogen-bond acceptors (Lipinski definition) is 3. The van der Waals surface area contributed by atoms with Gasteiger partial charge in [0, 0.05) is 18.7 Å². The van der Waals surface area contributed by atoms with Gasteiger partial charge in [0.2, 0.25) is 0 Å². The number of ether oxygens (including phenoxy) is 1. The molecule has 1 aromatic rings. The molecule has 3 rings (SSSR count). The Hall–Kier alpha value is -0.670. The molecule has 3 nitrogen and oxygen atoms in total. The van der Waals surface area contributed by atoms with Crippen molar-refractivity contribution in [3.05, 3.63) is 22.7 Å². The van der Waals surface area contributed by atoms with Crippen molar-refractivity contribution >= 4 is 11.6 Å². The van der Waals surface area contributed by atoms with Crippen LogP contribution < -0.4 is 0 Å². The Morgan fingerprint density at radius 3 is 2.42 bits per heavy atom. The Morgan fingerprint density at radius 2 is 1.84 bits per heavy atom. The molecule has 104 valence electrons. The molecule has 1 heterocycles. The summed E-state index contributed by atoms with van der Waals surface area (Å²) in [5, 5.41) is 0.563. The first-order chi connectivity index (χ1) is 9.23. The van der Waals surface area contributed by atoms with E-state index in [1.807, 2.05) is 6.07 Å². The maximum absolute atomic E-state index is 6.19. The molecule has 0 saturated heterocycles. The molecule has 1 aromatic heterocycles. The predicted octanol–water partition coefficient (Wildman–Crippen LogP) is 4.20. The van der Waals surface area contributed by atoms with Crippen LogP contribution in [0.15, 0.2) is 6.07 Å². The second kappa shape index (κ2) is 5.37. The fourth-order valence-corrected chi connectivity index (χ4v) is 3.24. The summed E-state index contributed by atoms with van der Waals surface area (Å²) in [5.41, 5.74) is 0.793. The van der Waals surface area contributed by atoms with Gasteiger partial charge in [0.05, 0.1) is 0 Å². The lowest BCUT2D eigenvalue weighted by molar-refractivity contribution is -0.0353. The molecule has 0 radical (unpaired) electrons. The minimum Gasteiger partial charge on any atom is -0.370 e. The molecule has 19 heavy (non-hydrogen) atoms.